The summed E-state index contributed by atoms with van der Waals surface area (Å²) in [4.78, 5) is 18.2. The first kappa shape index (κ1) is 13.1. The normalized spacial score (nSPS) is 16.2. The minimum absolute atomic E-state index is 0.0134. The number of methoxy groups -OCH3 is 1. The zero-order valence-corrected chi connectivity index (χ0v) is 11.2. The minimum atomic E-state index is 0.0134. The molecule has 4 nitrogen and oxygen atoms in total. The van der Waals surface area contributed by atoms with Crippen LogP contribution in [0.25, 0.3) is 0 Å². The molecule has 1 amide bonds. The lowest BCUT2D eigenvalue weighted by molar-refractivity contribution is 0.0761. The molecule has 0 aromatic carbocycles. The molecule has 1 aromatic heterocycles. The van der Waals surface area contributed by atoms with Crippen LogP contribution in [0.4, 0.5) is 0 Å². The Morgan fingerprint density at radius 2 is 1.94 bits per heavy atom. The van der Waals surface area contributed by atoms with Gasteiger partial charge in [0, 0.05) is 24.7 Å². The lowest BCUT2D eigenvalue weighted by atomic mass is 10.2. The predicted molar refractivity (Wildman–Crippen MR) is 70.2 cm³/mol. The number of amides is 1. The van der Waals surface area contributed by atoms with Crippen LogP contribution in [0.3, 0.4) is 0 Å². The molecular formula is C13H17ClN2O2. The number of halogens is 1. The molecule has 98 valence electrons. The molecule has 1 fully saturated rings. The van der Waals surface area contributed by atoms with Gasteiger partial charge in [0.15, 0.2) is 0 Å². The van der Waals surface area contributed by atoms with E-state index >= 15 is 0 Å². The number of carbonyl (C=O) groups excluding carboxylic acids is 1. The summed E-state index contributed by atoms with van der Waals surface area (Å²) in [6, 6.07) is 3.23. The van der Waals surface area contributed by atoms with Crippen LogP contribution in [-0.2, 0) is 0 Å². The van der Waals surface area contributed by atoms with E-state index in [0.29, 0.717) is 11.4 Å². The number of hydrogen-bond donors (Lipinski definition) is 0. The molecule has 0 atom stereocenters. The Morgan fingerprint density at radius 3 is 2.56 bits per heavy atom. The number of nitrogens with zero attached hydrogens (tertiary/aromatic N) is 2. The van der Waals surface area contributed by atoms with Crippen molar-refractivity contribution in [2.75, 3.05) is 20.2 Å². The molecule has 0 unspecified atom stereocenters. The molecule has 2 heterocycles. The van der Waals surface area contributed by atoms with Crippen LogP contribution >= 0.6 is 11.6 Å². The monoisotopic (exact) mass is 268 g/mol. The van der Waals surface area contributed by atoms with Gasteiger partial charge >= 0.3 is 0 Å². The van der Waals surface area contributed by atoms with Crippen LogP contribution in [0.5, 0.6) is 5.88 Å². The van der Waals surface area contributed by atoms with Crippen LogP contribution in [0.1, 0.15) is 36.0 Å². The fraction of sp³-hybridized carbons (Fsp3) is 0.538. The molecule has 0 spiro atoms. The Hall–Kier alpha value is -1.29. The predicted octanol–water partition coefficient (Wildman–Crippen LogP) is 2.76. The van der Waals surface area contributed by atoms with Crippen LogP contribution in [0.15, 0.2) is 12.1 Å². The van der Waals surface area contributed by atoms with Gasteiger partial charge < -0.3 is 9.64 Å². The van der Waals surface area contributed by atoms with Crippen molar-refractivity contribution in [1.82, 2.24) is 9.88 Å². The standard InChI is InChI=1S/C13H17ClN2O2/c1-18-12-9-10(8-11(14)15-12)13(17)16-6-4-2-3-5-7-16/h8-9H,2-7H2,1H3. The van der Waals surface area contributed by atoms with Gasteiger partial charge in [-0.1, -0.05) is 24.4 Å². The quantitative estimate of drug-likeness (QED) is 0.775. The molecule has 18 heavy (non-hydrogen) atoms. The second kappa shape index (κ2) is 6.05. The Morgan fingerprint density at radius 1 is 1.28 bits per heavy atom. The van der Waals surface area contributed by atoms with E-state index in [2.05, 4.69) is 4.98 Å². The van der Waals surface area contributed by atoms with E-state index in [1.54, 1.807) is 12.1 Å². The Labute approximate surface area is 112 Å². The second-order valence-corrected chi connectivity index (χ2v) is 4.81. The van der Waals surface area contributed by atoms with Crippen molar-refractivity contribution in [2.45, 2.75) is 25.7 Å². The van der Waals surface area contributed by atoms with Gasteiger partial charge in [0.2, 0.25) is 5.88 Å². The SMILES string of the molecule is COc1cc(C(=O)N2CCCCCC2)cc(Cl)n1. The third-order valence-electron chi connectivity index (χ3n) is 3.12. The smallest absolute Gasteiger partial charge is 0.254 e. The second-order valence-electron chi connectivity index (χ2n) is 4.43. The Kier molecular flexibility index (Phi) is 4.42. The highest BCUT2D eigenvalue weighted by Gasteiger charge is 2.18. The molecule has 5 heteroatoms. The van der Waals surface area contributed by atoms with Crippen molar-refractivity contribution in [3.63, 3.8) is 0 Å². The van der Waals surface area contributed by atoms with Crippen LogP contribution in [-0.4, -0.2) is 36.0 Å². The highest BCUT2D eigenvalue weighted by Crippen LogP contribution is 2.19. The maximum Gasteiger partial charge on any atom is 0.254 e. The van der Waals surface area contributed by atoms with Gasteiger partial charge in [-0.15, -0.1) is 0 Å². The third kappa shape index (κ3) is 3.13. The number of carbonyl (C=O) groups is 1. The van der Waals surface area contributed by atoms with Gasteiger partial charge in [0.25, 0.3) is 5.91 Å². The summed E-state index contributed by atoms with van der Waals surface area (Å²) in [7, 11) is 1.51. The molecule has 1 aromatic rings. The van der Waals surface area contributed by atoms with Gasteiger partial charge in [-0.2, -0.15) is 0 Å². The lowest BCUT2D eigenvalue weighted by Gasteiger charge is -2.20. The summed E-state index contributed by atoms with van der Waals surface area (Å²) in [5.41, 5.74) is 0.550. The topological polar surface area (TPSA) is 42.4 Å². The zero-order valence-electron chi connectivity index (χ0n) is 10.5. The maximum atomic E-state index is 12.4. The molecule has 0 saturated carbocycles. The van der Waals surface area contributed by atoms with Crippen molar-refractivity contribution in [2.24, 2.45) is 0 Å². The summed E-state index contributed by atoms with van der Waals surface area (Å²) < 4.78 is 5.03. The highest BCUT2D eigenvalue weighted by atomic mass is 35.5. The summed E-state index contributed by atoms with van der Waals surface area (Å²) in [6.45, 7) is 1.64. The summed E-state index contributed by atoms with van der Waals surface area (Å²) in [5, 5.41) is 0.285. The minimum Gasteiger partial charge on any atom is -0.481 e. The first-order valence-electron chi connectivity index (χ1n) is 6.21. The van der Waals surface area contributed by atoms with E-state index in [4.69, 9.17) is 16.3 Å². The van der Waals surface area contributed by atoms with Gasteiger partial charge in [0.1, 0.15) is 5.15 Å². The van der Waals surface area contributed by atoms with E-state index in [9.17, 15) is 4.79 Å². The number of hydrogen-bond acceptors (Lipinski definition) is 3. The van der Waals surface area contributed by atoms with Crippen LogP contribution in [0.2, 0.25) is 5.15 Å². The number of rotatable bonds is 2. The molecule has 1 aliphatic heterocycles. The molecule has 0 bridgehead atoms. The Balaban J connectivity index is 2.18. The average molecular weight is 269 g/mol. The zero-order chi connectivity index (χ0) is 13.0. The van der Waals surface area contributed by atoms with E-state index in [-0.39, 0.29) is 11.1 Å². The molecular weight excluding hydrogens is 252 g/mol. The number of pyridine rings is 1. The van der Waals surface area contributed by atoms with Crippen LogP contribution < -0.4 is 4.74 Å². The van der Waals surface area contributed by atoms with Crippen molar-refractivity contribution in [3.8, 4) is 5.88 Å². The average Bonchev–Trinajstić information content (AvgIpc) is 2.65. The molecule has 0 aliphatic carbocycles. The van der Waals surface area contributed by atoms with E-state index in [1.165, 1.54) is 20.0 Å². The summed E-state index contributed by atoms with van der Waals surface area (Å²) >= 11 is 5.88. The number of aromatic nitrogens is 1. The van der Waals surface area contributed by atoms with E-state index in [1.807, 2.05) is 4.90 Å². The van der Waals surface area contributed by atoms with Gasteiger partial charge in [-0.3, -0.25) is 4.79 Å². The van der Waals surface area contributed by atoms with Crippen molar-refractivity contribution >= 4 is 17.5 Å². The molecule has 0 radical (unpaired) electrons. The molecule has 0 N–H and O–H groups in total. The molecule has 1 aliphatic rings. The first-order valence-corrected chi connectivity index (χ1v) is 6.59. The van der Waals surface area contributed by atoms with Crippen molar-refractivity contribution < 1.29 is 9.53 Å². The van der Waals surface area contributed by atoms with E-state index < -0.39 is 0 Å². The maximum absolute atomic E-state index is 12.4. The molecule has 1 saturated heterocycles. The summed E-state index contributed by atoms with van der Waals surface area (Å²) in [6.07, 6.45) is 4.54. The highest BCUT2D eigenvalue weighted by molar-refractivity contribution is 6.29. The van der Waals surface area contributed by atoms with Crippen LogP contribution in [0, 0.1) is 0 Å². The first-order chi connectivity index (χ1) is 8.70. The van der Waals surface area contributed by atoms with Crippen molar-refractivity contribution in [1.29, 1.82) is 0 Å². The largest absolute Gasteiger partial charge is 0.481 e. The summed E-state index contributed by atoms with van der Waals surface area (Å²) in [5.74, 6) is 0.389. The van der Waals surface area contributed by atoms with Gasteiger partial charge in [-0.05, 0) is 18.9 Å². The third-order valence-corrected chi connectivity index (χ3v) is 3.31. The van der Waals surface area contributed by atoms with Gasteiger partial charge in [0.05, 0.1) is 7.11 Å². The number of likely N-dealkylation sites (tertiary alicyclic amines) is 1. The fourth-order valence-corrected chi connectivity index (χ4v) is 2.36. The lowest BCUT2D eigenvalue weighted by Crippen LogP contribution is -2.31. The molecule has 2 rings (SSSR count). The van der Waals surface area contributed by atoms with Gasteiger partial charge in [-0.25, -0.2) is 4.98 Å². The van der Waals surface area contributed by atoms with Crippen molar-refractivity contribution in [3.05, 3.63) is 22.8 Å². The Bertz CT molecular complexity index is 429. The van der Waals surface area contributed by atoms with E-state index in [0.717, 1.165) is 25.9 Å². The fourth-order valence-electron chi connectivity index (χ4n) is 2.16. The number of ether oxygens (including phenoxy) is 1.